The Labute approximate surface area is 762 Å². The minimum absolute atomic E-state index is 0.00110. The third kappa shape index (κ3) is 56.4. The van der Waals surface area contributed by atoms with Gasteiger partial charge in [0.25, 0.3) is 0 Å². The Morgan fingerprint density at radius 3 is 0.583 bits per heavy atom. The van der Waals surface area contributed by atoms with Crippen LogP contribution < -0.4 is 185 Å². The summed E-state index contributed by atoms with van der Waals surface area (Å²) in [5, 5.41) is 154. The van der Waals surface area contributed by atoms with E-state index < -0.39 is 235 Å². The first-order chi connectivity index (χ1) is 62.2. The number of aliphatic carboxylic acids is 1. The van der Waals surface area contributed by atoms with Gasteiger partial charge in [0.05, 0.1) is 25.7 Å². The van der Waals surface area contributed by atoms with Crippen LogP contribution in [0.5, 0.6) is 0 Å². The van der Waals surface area contributed by atoms with E-state index >= 15 is 0 Å². The molecule has 132 heavy (non-hydrogen) atoms. The topological polar surface area (TPSA) is 1080 Å². The highest BCUT2D eigenvalue weighted by Gasteiger charge is 2.37. The van der Waals surface area contributed by atoms with Crippen molar-refractivity contribution >= 4 is 142 Å². The smallest absolute Gasteiger partial charge is 0.326 e. The van der Waals surface area contributed by atoms with Crippen molar-refractivity contribution < 1.29 is 77.3 Å². The standard InChI is InChI=1S/C72H142N44O16/c1-36(2)50(73)61(130)116-47(35-117)60(129)114-44(20-10-30-101-70(88)89)58(127)112-43(19-9-29-100-69(86)87)57(126)111-42(18-8-28-99-68(84)85)56(125)110-41(17-7-27-98-67(82)83)55(124)109-39(15-5-25-96-65(78)79)53(122)107-37(13-3-23-94-63(74)75)51(120)105-33-48(118)104-34-49(119)106-38(14-4-24-95-64(76)77)52(121)108-40(16-6-26-97-66(80)81)54(123)113-45(21-11-31-102-71(90)91)59(128)115-46(62(131)132)22-12-32-103-72(92)93/h36-47,50,117H,3-35,73H2,1-2H3,(H,104,118)(H,105,120)(H,106,119)(H,107,122)(H,108,121)(H,109,124)(H,110,125)(H,111,126)(H,112,127)(H,113,123)(H,114,129)(H,115,128)(H,116,130)(H,131,132)(H4,74,75,94)(H4,76,77,95)(H4,78,79,96)(H4,80,81,97)(H4,82,83,98)(H4,84,85,99)(H4,86,87,100)(H4,88,89,101)(H4,90,91,102)(H4,92,93,103)/t37-,38-,39-,40-,41-,42-,43-,44-,45-,46-,47-,50-/m0/s1. The maximum absolute atomic E-state index is 14.9. The summed E-state index contributed by atoms with van der Waals surface area (Å²) in [5.41, 5.74) is 60.9. The second-order valence-electron chi connectivity index (χ2n) is 30.3. The lowest BCUT2D eigenvalue weighted by Crippen LogP contribution is -2.60. The molecule has 0 rings (SSSR count). The van der Waals surface area contributed by atoms with Gasteiger partial charge in [-0.05, 0) is 134 Å². The zero-order valence-corrected chi connectivity index (χ0v) is 74.3. The van der Waals surface area contributed by atoms with E-state index in [9.17, 15) is 77.3 Å². The lowest BCUT2D eigenvalue weighted by atomic mass is 10.0. The summed E-state index contributed by atoms with van der Waals surface area (Å²) < 4.78 is 0. The largest absolute Gasteiger partial charge is 0.480 e. The zero-order valence-electron chi connectivity index (χ0n) is 74.3. The van der Waals surface area contributed by atoms with Gasteiger partial charge in [-0.2, -0.15) is 0 Å². The number of carboxylic acid groups (broad SMARTS) is 1. The first-order valence-electron chi connectivity index (χ1n) is 42.4. The molecule has 0 bridgehead atoms. The summed E-state index contributed by atoms with van der Waals surface area (Å²) in [6.45, 7) is 0.290. The Balaban J connectivity index is 7.59. The Bertz CT molecular complexity index is 3860. The van der Waals surface area contributed by atoms with Crippen LogP contribution in [0, 0.1) is 60.0 Å². The summed E-state index contributed by atoms with van der Waals surface area (Å²) in [6, 6.07) is -18.4. The molecule has 12 atom stereocenters. The van der Waals surface area contributed by atoms with E-state index in [1.165, 1.54) is 0 Å². The quantitative estimate of drug-likeness (QED) is 0.0153. The van der Waals surface area contributed by atoms with Crippen molar-refractivity contribution in [1.82, 2.24) is 122 Å². The van der Waals surface area contributed by atoms with Gasteiger partial charge in [0.1, 0.15) is 66.5 Å². The van der Waals surface area contributed by atoms with Crippen molar-refractivity contribution in [2.75, 3.05) is 85.1 Å². The molecule has 0 saturated carbocycles. The molecule has 60 nitrogen and oxygen atoms in total. The fraction of sp³-hybridized carbons (Fsp3) is 0.667. The third-order valence-corrected chi connectivity index (χ3v) is 18.9. The van der Waals surface area contributed by atoms with Crippen LogP contribution in [0.3, 0.4) is 0 Å². The number of carbonyl (C=O) groups excluding carboxylic acids is 13. The monoisotopic (exact) mass is 1880 g/mol. The number of aliphatic hydroxyl groups is 1. The number of amides is 13. The van der Waals surface area contributed by atoms with Crippen molar-refractivity contribution in [3.63, 3.8) is 0 Å². The van der Waals surface area contributed by atoms with Crippen LogP contribution in [0.15, 0.2) is 0 Å². The SMILES string of the molecule is CC(C)[C@H](N)C(=O)N[C@@H](CO)C(=O)N[C@@H](CCCNC(=N)N)C(=O)N[C@@H](CCCNC(=N)N)C(=O)N[C@@H](CCCNC(=N)N)C(=O)N[C@@H](CCCNC(=N)N)C(=O)N[C@@H](CCCNC(=N)N)C(=O)N[C@@H](CCCNC(=N)N)C(=O)NCC(=O)NCC(=O)N[C@@H](CCCNC(=N)N)C(=O)N[C@@H](CCCNC(=N)N)C(=O)N[C@@H](CCCNC(=N)N)C(=O)N[C@@H](CCCNC(=N)N)C(=O)O. The number of aliphatic hydroxyl groups excluding tert-OH is 1. The van der Waals surface area contributed by atoms with E-state index in [2.05, 4.69) is 122 Å². The van der Waals surface area contributed by atoms with Gasteiger partial charge in [-0.3, -0.25) is 116 Å². The molecule has 0 fully saturated rings. The van der Waals surface area contributed by atoms with Gasteiger partial charge in [-0.1, -0.05) is 13.8 Å². The molecule has 0 aliphatic rings. The number of hydrogen-bond acceptors (Lipinski definition) is 26. The molecule has 0 heterocycles. The Morgan fingerprint density at radius 1 is 0.227 bits per heavy atom. The first-order valence-corrected chi connectivity index (χ1v) is 42.4. The van der Waals surface area contributed by atoms with Crippen LogP contribution in [-0.2, 0) is 67.1 Å². The molecule has 0 aromatic rings. The first kappa shape index (κ1) is 117. The summed E-state index contributed by atoms with van der Waals surface area (Å²) in [7, 11) is 0. The van der Waals surface area contributed by atoms with Gasteiger partial charge >= 0.3 is 5.97 Å². The van der Waals surface area contributed by atoms with Crippen LogP contribution in [0.1, 0.15) is 142 Å². The molecule has 60 heteroatoms. The summed E-state index contributed by atoms with van der Waals surface area (Å²) >= 11 is 0. The van der Waals surface area contributed by atoms with Crippen LogP contribution in [-0.4, -0.2) is 310 Å². The predicted molar refractivity (Wildman–Crippen MR) is 486 cm³/mol. The van der Waals surface area contributed by atoms with Crippen molar-refractivity contribution in [2.24, 2.45) is 69.0 Å². The highest BCUT2D eigenvalue weighted by molar-refractivity contribution is 6.00. The van der Waals surface area contributed by atoms with E-state index in [-0.39, 0.29) is 200 Å². The molecule has 0 aliphatic heterocycles. The summed E-state index contributed by atoms with van der Waals surface area (Å²) in [4.78, 5) is 197. The van der Waals surface area contributed by atoms with Crippen molar-refractivity contribution in [3.8, 4) is 0 Å². The lowest BCUT2D eigenvalue weighted by Gasteiger charge is -2.28. The molecule has 0 saturated heterocycles. The van der Waals surface area contributed by atoms with E-state index in [1.54, 1.807) is 13.8 Å². The molecule has 0 unspecified atom stereocenters. The van der Waals surface area contributed by atoms with E-state index in [0.717, 1.165) is 0 Å². The van der Waals surface area contributed by atoms with Crippen molar-refractivity contribution in [2.45, 2.75) is 215 Å². The van der Waals surface area contributed by atoms with Crippen molar-refractivity contribution in [3.05, 3.63) is 0 Å². The molecule has 0 aromatic carbocycles. The fourth-order valence-electron chi connectivity index (χ4n) is 12.0. The normalized spacial score (nSPS) is 13.4. The van der Waals surface area contributed by atoms with Crippen molar-refractivity contribution in [1.29, 1.82) is 54.1 Å². The average Bonchev–Trinajstić information content (AvgIpc) is 0.863. The molecule has 57 N–H and O–H groups in total. The third-order valence-electron chi connectivity index (χ3n) is 18.9. The number of nitrogens with two attached hydrogens (primary N) is 11. The highest BCUT2D eigenvalue weighted by atomic mass is 16.4. The maximum Gasteiger partial charge on any atom is 0.326 e. The van der Waals surface area contributed by atoms with E-state index in [0.29, 0.717) is 0 Å². The average molecular weight is 1880 g/mol. The number of hydrogen-bond donors (Lipinski definition) is 46. The second-order valence-corrected chi connectivity index (χ2v) is 30.3. The molecule has 0 aliphatic carbocycles. The van der Waals surface area contributed by atoms with Crippen LogP contribution >= 0.6 is 0 Å². The Morgan fingerprint density at radius 2 is 0.394 bits per heavy atom. The maximum atomic E-state index is 14.9. The Kier molecular flexibility index (Phi) is 59.1. The number of rotatable bonds is 69. The molecule has 0 radical (unpaired) electrons. The second kappa shape index (κ2) is 66.6. The number of carboxylic acids is 1. The van der Waals surface area contributed by atoms with Crippen LogP contribution in [0.2, 0.25) is 0 Å². The minimum atomic E-state index is -1.65. The molecule has 0 aromatic heterocycles. The van der Waals surface area contributed by atoms with Gasteiger partial charge < -0.3 is 196 Å². The fourth-order valence-corrected chi connectivity index (χ4v) is 12.0. The molecule has 13 amide bonds. The molecule has 0 spiro atoms. The van der Waals surface area contributed by atoms with E-state index in [4.69, 9.17) is 117 Å². The van der Waals surface area contributed by atoms with Crippen LogP contribution in [0.25, 0.3) is 0 Å². The Hall–Kier alpha value is -14.8. The van der Waals surface area contributed by atoms with Gasteiger partial charge in [-0.25, -0.2) is 4.79 Å². The number of nitrogens with one attached hydrogen (secondary N) is 33. The lowest BCUT2D eigenvalue weighted by molar-refractivity contribution is -0.142. The molecule has 746 valence electrons. The van der Waals surface area contributed by atoms with Gasteiger partial charge in [0.2, 0.25) is 76.8 Å². The summed E-state index contributed by atoms with van der Waals surface area (Å²) in [6.07, 6.45) is -2.19. The molecular formula is C72H142N44O16. The number of guanidine groups is 10. The highest BCUT2D eigenvalue weighted by Crippen LogP contribution is 2.13. The zero-order chi connectivity index (χ0) is 100.0. The molecular weight excluding hydrogens is 1740 g/mol. The predicted octanol–water partition coefficient (Wildman–Crippen LogP) is -15.8. The van der Waals surface area contributed by atoms with Gasteiger partial charge in [-0.15, -0.1) is 0 Å². The number of carbonyl (C=O) groups is 14. The van der Waals surface area contributed by atoms with Gasteiger partial charge in [0.15, 0.2) is 59.6 Å². The van der Waals surface area contributed by atoms with Gasteiger partial charge in [0, 0.05) is 65.4 Å². The van der Waals surface area contributed by atoms with E-state index in [1.807, 2.05) is 0 Å². The summed E-state index contributed by atoms with van der Waals surface area (Å²) in [5.74, 6) is -19.4. The van der Waals surface area contributed by atoms with Crippen LogP contribution in [0.4, 0.5) is 0 Å². The minimum Gasteiger partial charge on any atom is -0.480 e.